The maximum atomic E-state index is 10.4. The fourth-order valence-electron chi connectivity index (χ4n) is 2.11. The SMILES string of the molecule is Cc1ccc(C(O)c2ccc(C(C)(C)C)cc2)cc1. The zero-order valence-electron chi connectivity index (χ0n) is 12.1. The molecule has 1 unspecified atom stereocenters. The van der Waals surface area contributed by atoms with Gasteiger partial charge in [0, 0.05) is 0 Å². The molecular formula is C18H22O. The molecule has 0 aromatic heterocycles. The van der Waals surface area contributed by atoms with E-state index in [2.05, 4.69) is 32.9 Å². The Balaban J connectivity index is 2.25. The van der Waals surface area contributed by atoms with Crippen LogP contribution in [0.3, 0.4) is 0 Å². The molecule has 0 aliphatic rings. The van der Waals surface area contributed by atoms with Crippen molar-refractivity contribution in [1.82, 2.24) is 0 Å². The van der Waals surface area contributed by atoms with Crippen LogP contribution in [0, 0.1) is 6.92 Å². The molecule has 0 heterocycles. The highest BCUT2D eigenvalue weighted by atomic mass is 16.3. The first-order valence-corrected chi connectivity index (χ1v) is 6.73. The van der Waals surface area contributed by atoms with Gasteiger partial charge in [-0.3, -0.25) is 0 Å². The number of aryl methyl sites for hydroxylation is 1. The number of benzene rings is 2. The van der Waals surface area contributed by atoms with E-state index < -0.39 is 6.10 Å². The number of hydrogen-bond donors (Lipinski definition) is 1. The molecule has 0 amide bonds. The minimum Gasteiger partial charge on any atom is -0.384 e. The Morgan fingerprint density at radius 3 is 1.63 bits per heavy atom. The van der Waals surface area contributed by atoms with Crippen molar-refractivity contribution in [2.75, 3.05) is 0 Å². The Labute approximate surface area is 115 Å². The maximum Gasteiger partial charge on any atom is 0.104 e. The van der Waals surface area contributed by atoms with Crippen LogP contribution in [0.5, 0.6) is 0 Å². The fraction of sp³-hybridized carbons (Fsp3) is 0.333. The summed E-state index contributed by atoms with van der Waals surface area (Å²) in [6.07, 6.45) is -0.547. The van der Waals surface area contributed by atoms with Gasteiger partial charge in [-0.25, -0.2) is 0 Å². The molecule has 1 N–H and O–H groups in total. The maximum absolute atomic E-state index is 10.4. The molecule has 0 aliphatic carbocycles. The number of hydrogen-bond acceptors (Lipinski definition) is 1. The van der Waals surface area contributed by atoms with E-state index in [-0.39, 0.29) is 5.41 Å². The van der Waals surface area contributed by atoms with Gasteiger partial charge in [0.15, 0.2) is 0 Å². The van der Waals surface area contributed by atoms with Gasteiger partial charge in [0.2, 0.25) is 0 Å². The van der Waals surface area contributed by atoms with Crippen molar-refractivity contribution in [3.63, 3.8) is 0 Å². The molecule has 1 heteroatoms. The van der Waals surface area contributed by atoms with Gasteiger partial charge in [0.05, 0.1) is 0 Å². The quantitative estimate of drug-likeness (QED) is 0.843. The van der Waals surface area contributed by atoms with E-state index in [1.165, 1.54) is 11.1 Å². The average molecular weight is 254 g/mol. The van der Waals surface area contributed by atoms with E-state index in [0.29, 0.717) is 0 Å². The lowest BCUT2D eigenvalue weighted by Crippen LogP contribution is -2.11. The first-order valence-electron chi connectivity index (χ1n) is 6.73. The van der Waals surface area contributed by atoms with E-state index in [9.17, 15) is 5.11 Å². The molecule has 0 bridgehead atoms. The van der Waals surface area contributed by atoms with Gasteiger partial charge in [-0.05, 0) is 29.0 Å². The summed E-state index contributed by atoms with van der Waals surface area (Å²) in [5.74, 6) is 0. The second-order valence-electron chi connectivity index (χ2n) is 6.19. The van der Waals surface area contributed by atoms with E-state index in [1.807, 2.05) is 43.3 Å². The van der Waals surface area contributed by atoms with Gasteiger partial charge in [-0.15, -0.1) is 0 Å². The summed E-state index contributed by atoms with van der Waals surface area (Å²) in [5, 5.41) is 10.4. The molecular weight excluding hydrogens is 232 g/mol. The van der Waals surface area contributed by atoms with Crippen molar-refractivity contribution >= 4 is 0 Å². The van der Waals surface area contributed by atoms with E-state index >= 15 is 0 Å². The van der Waals surface area contributed by atoms with Crippen LogP contribution in [0.4, 0.5) is 0 Å². The molecule has 0 radical (unpaired) electrons. The number of aliphatic hydroxyl groups is 1. The molecule has 19 heavy (non-hydrogen) atoms. The predicted octanol–water partition coefficient (Wildman–Crippen LogP) is 4.37. The first-order chi connectivity index (χ1) is 8.88. The van der Waals surface area contributed by atoms with Crippen molar-refractivity contribution < 1.29 is 5.11 Å². The predicted molar refractivity (Wildman–Crippen MR) is 80.4 cm³/mol. The van der Waals surface area contributed by atoms with E-state index in [4.69, 9.17) is 0 Å². The second-order valence-corrected chi connectivity index (χ2v) is 6.19. The Bertz CT molecular complexity index is 529. The second kappa shape index (κ2) is 5.18. The summed E-state index contributed by atoms with van der Waals surface area (Å²) in [4.78, 5) is 0. The Hall–Kier alpha value is -1.60. The molecule has 0 fully saturated rings. The van der Waals surface area contributed by atoms with Gasteiger partial charge >= 0.3 is 0 Å². The van der Waals surface area contributed by atoms with Gasteiger partial charge in [0.25, 0.3) is 0 Å². The van der Waals surface area contributed by atoms with Crippen molar-refractivity contribution in [2.45, 2.75) is 39.2 Å². The zero-order chi connectivity index (χ0) is 14.0. The van der Waals surface area contributed by atoms with Gasteiger partial charge < -0.3 is 5.11 Å². The minimum absolute atomic E-state index is 0.146. The van der Waals surface area contributed by atoms with E-state index in [0.717, 1.165) is 11.1 Å². The highest BCUT2D eigenvalue weighted by Crippen LogP contribution is 2.26. The van der Waals surface area contributed by atoms with E-state index in [1.54, 1.807) is 0 Å². The number of aliphatic hydroxyl groups excluding tert-OH is 1. The largest absolute Gasteiger partial charge is 0.384 e. The Morgan fingerprint density at radius 2 is 1.21 bits per heavy atom. The first kappa shape index (κ1) is 13.8. The molecule has 0 spiro atoms. The van der Waals surface area contributed by atoms with Crippen LogP contribution in [0.25, 0.3) is 0 Å². The molecule has 2 rings (SSSR count). The Kier molecular flexibility index (Phi) is 3.77. The molecule has 0 aliphatic heterocycles. The van der Waals surface area contributed by atoms with Crippen molar-refractivity contribution in [3.05, 3.63) is 70.8 Å². The van der Waals surface area contributed by atoms with Crippen LogP contribution < -0.4 is 0 Å². The summed E-state index contributed by atoms with van der Waals surface area (Å²) < 4.78 is 0. The molecule has 1 atom stereocenters. The topological polar surface area (TPSA) is 20.2 Å². The summed E-state index contributed by atoms with van der Waals surface area (Å²) in [6.45, 7) is 8.63. The van der Waals surface area contributed by atoms with Gasteiger partial charge in [-0.2, -0.15) is 0 Å². The third-order valence-electron chi connectivity index (χ3n) is 3.49. The van der Waals surface area contributed by atoms with Gasteiger partial charge in [-0.1, -0.05) is 74.9 Å². The smallest absolute Gasteiger partial charge is 0.104 e. The Morgan fingerprint density at radius 1 is 0.789 bits per heavy atom. The normalized spacial score (nSPS) is 13.3. The lowest BCUT2D eigenvalue weighted by molar-refractivity contribution is 0.220. The monoisotopic (exact) mass is 254 g/mol. The van der Waals surface area contributed by atoms with Crippen LogP contribution in [-0.2, 0) is 5.41 Å². The molecule has 0 saturated carbocycles. The van der Waals surface area contributed by atoms with Crippen LogP contribution >= 0.6 is 0 Å². The highest BCUT2D eigenvalue weighted by Gasteiger charge is 2.15. The van der Waals surface area contributed by atoms with Gasteiger partial charge in [0.1, 0.15) is 6.10 Å². The number of rotatable bonds is 2. The summed E-state index contributed by atoms with van der Waals surface area (Å²) in [7, 11) is 0. The zero-order valence-corrected chi connectivity index (χ0v) is 12.1. The molecule has 0 saturated heterocycles. The molecule has 2 aromatic carbocycles. The summed E-state index contributed by atoms with van der Waals surface area (Å²) >= 11 is 0. The lowest BCUT2D eigenvalue weighted by Gasteiger charge is -2.20. The van der Waals surface area contributed by atoms with Crippen molar-refractivity contribution in [2.24, 2.45) is 0 Å². The third kappa shape index (κ3) is 3.24. The highest BCUT2D eigenvalue weighted by molar-refractivity contribution is 5.34. The average Bonchev–Trinajstić information content (AvgIpc) is 2.38. The summed E-state index contributed by atoms with van der Waals surface area (Å²) in [6, 6.07) is 16.3. The van der Waals surface area contributed by atoms with Crippen LogP contribution in [0.15, 0.2) is 48.5 Å². The third-order valence-corrected chi connectivity index (χ3v) is 3.49. The van der Waals surface area contributed by atoms with Crippen LogP contribution in [-0.4, -0.2) is 5.11 Å². The van der Waals surface area contributed by atoms with Crippen LogP contribution in [0.1, 0.15) is 49.1 Å². The fourth-order valence-corrected chi connectivity index (χ4v) is 2.11. The minimum atomic E-state index is -0.547. The molecule has 2 aromatic rings. The lowest BCUT2D eigenvalue weighted by atomic mass is 9.86. The van der Waals surface area contributed by atoms with Crippen molar-refractivity contribution in [3.8, 4) is 0 Å². The molecule has 1 nitrogen and oxygen atoms in total. The van der Waals surface area contributed by atoms with Crippen molar-refractivity contribution in [1.29, 1.82) is 0 Å². The standard InChI is InChI=1S/C18H22O/c1-13-5-7-14(8-6-13)17(19)15-9-11-16(12-10-15)18(2,3)4/h5-12,17,19H,1-4H3. The summed E-state index contributed by atoms with van der Waals surface area (Å²) in [5.41, 5.74) is 4.52. The molecule has 100 valence electrons. The van der Waals surface area contributed by atoms with Crippen LogP contribution in [0.2, 0.25) is 0 Å².